The monoisotopic (exact) mass is 335 g/mol. The minimum Gasteiger partial charge on any atom is -0.380 e. The van der Waals surface area contributed by atoms with E-state index in [1.807, 2.05) is 32.0 Å². The van der Waals surface area contributed by atoms with Crippen LogP contribution in [0, 0.1) is 6.92 Å². The van der Waals surface area contributed by atoms with Crippen molar-refractivity contribution in [2.45, 2.75) is 20.5 Å². The lowest BCUT2D eigenvalue weighted by Gasteiger charge is -2.10. The molecular formula is C15H18BrN3O. The van der Waals surface area contributed by atoms with Gasteiger partial charge in [-0.05, 0) is 41.4 Å². The van der Waals surface area contributed by atoms with E-state index in [0.29, 0.717) is 6.61 Å². The molecular weight excluding hydrogens is 318 g/mol. The van der Waals surface area contributed by atoms with E-state index < -0.39 is 0 Å². The Morgan fingerprint density at radius 1 is 1.30 bits per heavy atom. The number of ether oxygens (including phenoxy) is 1. The van der Waals surface area contributed by atoms with Crippen molar-refractivity contribution in [3.8, 4) is 11.4 Å². The summed E-state index contributed by atoms with van der Waals surface area (Å²) in [7, 11) is 1.69. The predicted octanol–water partition coefficient (Wildman–Crippen LogP) is 3.79. The Morgan fingerprint density at radius 2 is 2.10 bits per heavy atom. The number of nitrogens with one attached hydrogen (secondary N) is 1. The molecule has 1 aromatic heterocycles. The van der Waals surface area contributed by atoms with Crippen LogP contribution in [0.15, 0.2) is 28.7 Å². The van der Waals surface area contributed by atoms with Crippen LogP contribution in [0.3, 0.4) is 0 Å². The van der Waals surface area contributed by atoms with Crippen molar-refractivity contribution < 1.29 is 4.74 Å². The van der Waals surface area contributed by atoms with Crippen LogP contribution < -0.4 is 5.32 Å². The molecule has 0 spiro atoms. The highest BCUT2D eigenvalue weighted by atomic mass is 79.9. The molecule has 0 aliphatic carbocycles. The first-order chi connectivity index (χ1) is 9.65. The lowest BCUT2D eigenvalue weighted by atomic mass is 10.1. The number of hydrogen-bond acceptors (Lipinski definition) is 4. The van der Waals surface area contributed by atoms with Crippen LogP contribution in [0.1, 0.15) is 18.2 Å². The Bertz CT molecular complexity index is 602. The van der Waals surface area contributed by atoms with Gasteiger partial charge in [0.2, 0.25) is 0 Å². The van der Waals surface area contributed by atoms with E-state index in [9.17, 15) is 0 Å². The minimum absolute atomic E-state index is 0.587. The van der Waals surface area contributed by atoms with Crippen molar-refractivity contribution in [3.05, 3.63) is 40.0 Å². The van der Waals surface area contributed by atoms with Crippen molar-refractivity contribution in [3.63, 3.8) is 0 Å². The Hall–Kier alpha value is -1.46. The van der Waals surface area contributed by atoms with Crippen molar-refractivity contribution in [1.29, 1.82) is 0 Å². The average molecular weight is 336 g/mol. The summed E-state index contributed by atoms with van der Waals surface area (Å²) in [5, 5.41) is 3.24. The lowest BCUT2D eigenvalue weighted by Crippen LogP contribution is -2.04. The van der Waals surface area contributed by atoms with Crippen molar-refractivity contribution >= 4 is 21.7 Å². The zero-order valence-corrected chi connectivity index (χ0v) is 13.5. The molecule has 5 heteroatoms. The topological polar surface area (TPSA) is 47.0 Å². The number of nitrogens with zero attached hydrogens (tertiary/aromatic N) is 2. The maximum atomic E-state index is 5.16. The fourth-order valence-electron chi connectivity index (χ4n) is 1.94. The summed E-state index contributed by atoms with van der Waals surface area (Å²) in [6.45, 7) is 5.42. The van der Waals surface area contributed by atoms with Gasteiger partial charge in [-0.1, -0.05) is 18.2 Å². The van der Waals surface area contributed by atoms with E-state index >= 15 is 0 Å². The van der Waals surface area contributed by atoms with Crippen LogP contribution in [0.5, 0.6) is 0 Å². The van der Waals surface area contributed by atoms with Crippen LogP contribution in [-0.4, -0.2) is 23.6 Å². The maximum absolute atomic E-state index is 5.16. The van der Waals surface area contributed by atoms with Gasteiger partial charge in [-0.2, -0.15) is 0 Å². The number of hydrogen-bond donors (Lipinski definition) is 1. The Labute approximate surface area is 127 Å². The summed E-state index contributed by atoms with van der Waals surface area (Å²) < 4.78 is 6.08. The Morgan fingerprint density at radius 3 is 2.80 bits per heavy atom. The van der Waals surface area contributed by atoms with Gasteiger partial charge in [0.15, 0.2) is 5.82 Å². The Balaban J connectivity index is 2.44. The minimum atomic E-state index is 0.587. The molecule has 20 heavy (non-hydrogen) atoms. The molecule has 2 aromatic rings. The SMILES string of the molecule is CCNc1nc(-c2cccc(COC)c2)nc(C)c1Br. The molecule has 1 N–H and O–H groups in total. The third-order valence-electron chi connectivity index (χ3n) is 2.86. The first kappa shape index (κ1) is 14.9. The fraction of sp³-hybridized carbons (Fsp3) is 0.333. The molecule has 0 unspecified atom stereocenters. The maximum Gasteiger partial charge on any atom is 0.161 e. The third-order valence-corrected chi connectivity index (χ3v) is 3.81. The summed E-state index contributed by atoms with van der Waals surface area (Å²) in [4.78, 5) is 9.13. The number of rotatable bonds is 5. The van der Waals surface area contributed by atoms with Gasteiger partial charge in [0.1, 0.15) is 5.82 Å². The molecule has 2 rings (SSSR count). The van der Waals surface area contributed by atoms with E-state index in [1.165, 1.54) is 0 Å². The highest BCUT2D eigenvalue weighted by Crippen LogP contribution is 2.27. The summed E-state index contributed by atoms with van der Waals surface area (Å²) in [5.74, 6) is 1.55. The second-order valence-electron chi connectivity index (χ2n) is 4.46. The zero-order chi connectivity index (χ0) is 14.5. The van der Waals surface area contributed by atoms with Gasteiger partial charge in [-0.15, -0.1) is 0 Å². The van der Waals surface area contributed by atoms with Crippen LogP contribution >= 0.6 is 15.9 Å². The number of aromatic nitrogens is 2. The second kappa shape index (κ2) is 6.81. The molecule has 0 aliphatic rings. The first-order valence-electron chi connectivity index (χ1n) is 6.52. The Kier molecular flexibility index (Phi) is 5.09. The van der Waals surface area contributed by atoms with Crippen molar-refractivity contribution in [1.82, 2.24) is 9.97 Å². The molecule has 1 heterocycles. The van der Waals surface area contributed by atoms with Gasteiger partial charge in [0.25, 0.3) is 0 Å². The number of halogens is 1. The van der Waals surface area contributed by atoms with E-state index in [-0.39, 0.29) is 0 Å². The molecule has 0 atom stereocenters. The van der Waals surface area contributed by atoms with E-state index in [0.717, 1.165) is 39.5 Å². The van der Waals surface area contributed by atoms with Gasteiger partial charge in [-0.25, -0.2) is 9.97 Å². The van der Waals surface area contributed by atoms with Crippen LogP contribution in [0.4, 0.5) is 5.82 Å². The number of benzene rings is 1. The highest BCUT2D eigenvalue weighted by Gasteiger charge is 2.10. The normalized spacial score (nSPS) is 10.6. The van der Waals surface area contributed by atoms with Gasteiger partial charge < -0.3 is 10.1 Å². The summed E-state index contributed by atoms with van der Waals surface area (Å²) in [6, 6.07) is 8.10. The van der Waals surface area contributed by atoms with Gasteiger partial charge in [-0.3, -0.25) is 0 Å². The summed E-state index contributed by atoms with van der Waals surface area (Å²) in [6.07, 6.45) is 0. The van der Waals surface area contributed by atoms with Crippen molar-refractivity contribution in [2.24, 2.45) is 0 Å². The van der Waals surface area contributed by atoms with Crippen molar-refractivity contribution in [2.75, 3.05) is 19.0 Å². The van der Waals surface area contributed by atoms with Gasteiger partial charge in [0, 0.05) is 19.2 Å². The van der Waals surface area contributed by atoms with E-state index in [4.69, 9.17) is 4.74 Å². The molecule has 0 bridgehead atoms. The molecule has 1 aromatic carbocycles. The predicted molar refractivity (Wildman–Crippen MR) is 84.8 cm³/mol. The number of methoxy groups -OCH3 is 1. The molecule has 0 fully saturated rings. The standard InChI is InChI=1S/C15H18BrN3O/c1-4-17-15-13(16)10(2)18-14(19-15)12-7-5-6-11(8-12)9-20-3/h5-8H,4,9H2,1-3H3,(H,17,18,19). The van der Waals surface area contributed by atoms with E-state index in [1.54, 1.807) is 7.11 Å². The molecule has 0 radical (unpaired) electrons. The molecule has 4 nitrogen and oxygen atoms in total. The fourth-order valence-corrected chi connectivity index (χ4v) is 2.26. The molecule has 0 saturated carbocycles. The van der Waals surface area contributed by atoms with E-state index in [2.05, 4.69) is 37.3 Å². The molecule has 106 valence electrons. The van der Waals surface area contributed by atoms with Gasteiger partial charge in [0.05, 0.1) is 16.8 Å². The molecule has 0 saturated heterocycles. The van der Waals surface area contributed by atoms with Crippen LogP contribution in [-0.2, 0) is 11.3 Å². The van der Waals surface area contributed by atoms with Gasteiger partial charge >= 0.3 is 0 Å². The number of anilines is 1. The largest absolute Gasteiger partial charge is 0.380 e. The first-order valence-corrected chi connectivity index (χ1v) is 7.31. The molecule has 0 aliphatic heterocycles. The summed E-state index contributed by atoms with van der Waals surface area (Å²) in [5.41, 5.74) is 3.02. The highest BCUT2D eigenvalue weighted by molar-refractivity contribution is 9.10. The smallest absolute Gasteiger partial charge is 0.161 e. The second-order valence-corrected chi connectivity index (χ2v) is 5.25. The number of aryl methyl sites for hydroxylation is 1. The van der Waals surface area contributed by atoms with Crippen LogP contribution in [0.25, 0.3) is 11.4 Å². The lowest BCUT2D eigenvalue weighted by molar-refractivity contribution is 0.185. The zero-order valence-electron chi connectivity index (χ0n) is 11.9. The van der Waals surface area contributed by atoms with Crippen LogP contribution in [0.2, 0.25) is 0 Å². The third kappa shape index (κ3) is 3.35. The summed E-state index contributed by atoms with van der Waals surface area (Å²) >= 11 is 3.52. The average Bonchev–Trinajstić information content (AvgIpc) is 2.44. The quantitative estimate of drug-likeness (QED) is 0.902. The molecule has 0 amide bonds.